The number of rotatable bonds is 23. The van der Waals surface area contributed by atoms with Crippen LogP contribution in [0.3, 0.4) is 0 Å². The molecule has 0 saturated heterocycles. The second kappa shape index (κ2) is 24.8. The molecular weight excluding hydrogens is 609 g/mol. The number of benzene rings is 2. The zero-order chi connectivity index (χ0) is 36.6. The van der Waals surface area contributed by atoms with Gasteiger partial charge in [0.05, 0.1) is 29.6 Å². The van der Waals surface area contributed by atoms with Crippen molar-refractivity contribution in [2.75, 3.05) is 29.4 Å². The Bertz CT molecular complexity index is 1330. The molecule has 2 N–H and O–H groups in total. The smallest absolute Gasteiger partial charge is 0.133 e. The van der Waals surface area contributed by atoms with Gasteiger partial charge >= 0.3 is 0 Å². The average molecular weight is 682 g/mol. The van der Waals surface area contributed by atoms with Gasteiger partial charge in [0.2, 0.25) is 0 Å². The van der Waals surface area contributed by atoms with E-state index in [4.69, 9.17) is 0 Å². The van der Waals surface area contributed by atoms with E-state index >= 15 is 0 Å². The molecule has 0 aromatic heterocycles. The third-order valence-corrected chi connectivity index (χ3v) is 9.96. The van der Waals surface area contributed by atoms with Gasteiger partial charge in [0.1, 0.15) is 11.5 Å². The predicted molar refractivity (Wildman–Crippen MR) is 220 cm³/mol. The Morgan fingerprint density at radius 3 is 1.88 bits per heavy atom. The van der Waals surface area contributed by atoms with Gasteiger partial charge < -0.3 is 15.1 Å². The summed E-state index contributed by atoms with van der Waals surface area (Å²) in [6.07, 6.45) is 26.9. The number of aryl methyl sites for hydroxylation is 1. The highest BCUT2D eigenvalue weighted by Crippen LogP contribution is 2.43. The van der Waals surface area contributed by atoms with Gasteiger partial charge in [-0.25, -0.2) is 0 Å². The van der Waals surface area contributed by atoms with Crippen molar-refractivity contribution in [2.45, 2.75) is 157 Å². The largest absolute Gasteiger partial charge is 0.326 e. The number of nitriles is 1. The first-order chi connectivity index (χ1) is 24.5. The number of fused-ring (bicyclic) bond motifs is 1. The van der Waals surface area contributed by atoms with Crippen LogP contribution in [0.2, 0.25) is 0 Å². The summed E-state index contributed by atoms with van der Waals surface area (Å²) in [7, 11) is 0. The van der Waals surface area contributed by atoms with Crippen molar-refractivity contribution in [3.63, 3.8) is 0 Å². The molecule has 1 heterocycles. The van der Waals surface area contributed by atoms with Gasteiger partial charge in [-0.15, -0.1) is 0 Å². The van der Waals surface area contributed by atoms with Crippen LogP contribution in [0.5, 0.6) is 0 Å². The number of quaternary nitrogens is 1. The molecule has 0 radical (unpaired) electrons. The summed E-state index contributed by atoms with van der Waals surface area (Å²) in [4.78, 5) is 4.85. The van der Waals surface area contributed by atoms with Crippen molar-refractivity contribution < 1.29 is 5.32 Å². The molecule has 0 spiro atoms. The second-order valence-electron chi connectivity index (χ2n) is 14.0. The molecule has 50 heavy (non-hydrogen) atoms. The highest BCUT2D eigenvalue weighted by Gasteiger charge is 2.34. The molecule has 1 aliphatic rings. The fourth-order valence-corrected chi connectivity index (χ4v) is 7.39. The maximum atomic E-state index is 10.3. The zero-order valence-electron chi connectivity index (χ0n) is 33.5. The summed E-state index contributed by atoms with van der Waals surface area (Å²) >= 11 is 0. The van der Waals surface area contributed by atoms with Gasteiger partial charge in [-0.3, -0.25) is 0 Å². The molecular formula is C46H73N4+. The number of hydrogen-bond donors (Lipinski definition) is 1. The van der Waals surface area contributed by atoms with Crippen LogP contribution in [0.1, 0.15) is 156 Å². The monoisotopic (exact) mass is 682 g/mol. The standard InChI is InChI=1S/C44H66N4.C2H6/c1-7-12-14-16-20-30-44(29-19-15-13-8-2,39-35-37(6)25-27-40(39)46-32-9-3)31-21-22-38(36-45)26-28-43-47(33-10-4)41-23-17-18-24-42(41)48(43)34-11-5;1-2/h17-18,21-28,35,46H,7-16,19-20,29-34H2,1-6H3;1-2H3/p+1/b22-21+,38-26-;. The van der Waals surface area contributed by atoms with E-state index in [0.717, 1.165) is 50.9 Å². The summed E-state index contributed by atoms with van der Waals surface area (Å²) < 4.78 is 0. The quantitative estimate of drug-likeness (QED) is 0.0549. The van der Waals surface area contributed by atoms with Crippen LogP contribution in [-0.2, 0) is 5.41 Å². The average Bonchev–Trinajstić information content (AvgIpc) is 3.43. The lowest BCUT2D eigenvalue weighted by Gasteiger charge is -2.35. The van der Waals surface area contributed by atoms with E-state index in [1.165, 1.54) is 105 Å². The van der Waals surface area contributed by atoms with Crippen molar-refractivity contribution in [1.29, 1.82) is 5.26 Å². The normalized spacial score (nSPS) is 14.0. The van der Waals surface area contributed by atoms with E-state index < -0.39 is 0 Å². The van der Waals surface area contributed by atoms with E-state index in [2.05, 4.69) is 123 Å². The number of nitrogens with two attached hydrogens (primary N) is 1. The Balaban J connectivity index is 0.00000425. The Morgan fingerprint density at radius 1 is 0.760 bits per heavy atom. The van der Waals surface area contributed by atoms with Crippen molar-refractivity contribution in [2.24, 2.45) is 0 Å². The lowest BCUT2D eigenvalue weighted by atomic mass is 9.69. The number of nitrogens with zero attached hydrogens (tertiary/aromatic N) is 3. The lowest BCUT2D eigenvalue weighted by molar-refractivity contribution is -0.572. The molecule has 0 amide bonds. The maximum Gasteiger partial charge on any atom is 0.133 e. The molecule has 1 aliphatic heterocycles. The van der Waals surface area contributed by atoms with Gasteiger partial charge in [0, 0.05) is 24.1 Å². The first-order valence-corrected chi connectivity index (χ1v) is 20.5. The predicted octanol–water partition coefficient (Wildman–Crippen LogP) is 12.6. The molecule has 4 nitrogen and oxygen atoms in total. The minimum absolute atomic E-state index is 0.0734. The summed E-state index contributed by atoms with van der Waals surface area (Å²) in [5.74, 6) is 1.18. The summed E-state index contributed by atoms with van der Waals surface area (Å²) in [6, 6.07) is 18.4. The Hall–Kier alpha value is -3.29. The highest BCUT2D eigenvalue weighted by atomic mass is 15.4. The first-order valence-electron chi connectivity index (χ1n) is 20.5. The van der Waals surface area contributed by atoms with Gasteiger partial charge in [0.25, 0.3) is 0 Å². The number of anilines is 2. The van der Waals surface area contributed by atoms with Crippen LogP contribution in [0.15, 0.2) is 78.2 Å². The van der Waals surface area contributed by atoms with E-state index in [9.17, 15) is 5.26 Å². The van der Waals surface area contributed by atoms with Crippen LogP contribution in [0.4, 0.5) is 17.1 Å². The number of para-hydroxylation sites is 2. The van der Waals surface area contributed by atoms with Crippen molar-refractivity contribution in [3.8, 4) is 6.07 Å². The molecule has 0 bridgehead atoms. The van der Waals surface area contributed by atoms with Crippen LogP contribution < -0.4 is 15.1 Å². The summed E-state index contributed by atoms with van der Waals surface area (Å²) in [5, 5.41) is 12.8. The first kappa shape index (κ1) is 42.9. The molecule has 2 aromatic rings. The molecule has 0 fully saturated rings. The molecule has 1 atom stereocenters. The third kappa shape index (κ3) is 12.8. The fraction of sp³-hybridized carbons (Fsp3) is 0.587. The van der Waals surface area contributed by atoms with Crippen molar-refractivity contribution >= 4 is 17.1 Å². The number of unbranched alkanes of at least 4 members (excludes halogenated alkanes) is 7. The number of allylic oxidation sites excluding steroid dienone is 5. The minimum atomic E-state index is 0.0734. The van der Waals surface area contributed by atoms with Crippen molar-refractivity contribution in [3.05, 3.63) is 89.3 Å². The Kier molecular flexibility index (Phi) is 21.3. The minimum Gasteiger partial charge on any atom is -0.326 e. The summed E-state index contributed by atoms with van der Waals surface area (Å²) in [5.41, 5.74) is 7.63. The van der Waals surface area contributed by atoms with E-state index in [1.54, 1.807) is 0 Å². The van der Waals surface area contributed by atoms with Crippen LogP contribution in [-0.4, -0.2) is 19.6 Å². The Labute approximate surface area is 308 Å². The molecule has 4 heteroatoms. The SMILES string of the molecule is CC.CCCCCCCC(C/C=C/C(C#N)=C/C=C1N(CCC)c2ccccc2N1CCC)(CCCCCC)c1cc(C)ccc1[NH2+]CCC. The van der Waals surface area contributed by atoms with Gasteiger partial charge in [-0.2, -0.15) is 5.26 Å². The third-order valence-electron chi connectivity index (χ3n) is 9.96. The molecule has 3 rings (SSSR count). The molecule has 0 saturated carbocycles. The lowest BCUT2D eigenvalue weighted by Crippen LogP contribution is -2.78. The van der Waals surface area contributed by atoms with Crippen LogP contribution >= 0.6 is 0 Å². The fourth-order valence-electron chi connectivity index (χ4n) is 7.39. The van der Waals surface area contributed by atoms with Crippen LogP contribution in [0, 0.1) is 18.3 Å². The summed E-state index contributed by atoms with van der Waals surface area (Å²) in [6.45, 7) is 20.6. The van der Waals surface area contributed by atoms with E-state index in [0.29, 0.717) is 0 Å². The Morgan fingerprint density at radius 2 is 1.34 bits per heavy atom. The highest BCUT2D eigenvalue weighted by molar-refractivity contribution is 5.82. The van der Waals surface area contributed by atoms with E-state index in [1.807, 2.05) is 19.9 Å². The van der Waals surface area contributed by atoms with Crippen LogP contribution in [0.25, 0.3) is 0 Å². The molecule has 2 aromatic carbocycles. The van der Waals surface area contributed by atoms with Gasteiger partial charge in [0.15, 0.2) is 0 Å². The maximum absolute atomic E-state index is 10.3. The molecule has 0 aliphatic carbocycles. The molecule has 276 valence electrons. The molecule has 1 unspecified atom stereocenters. The zero-order valence-corrected chi connectivity index (χ0v) is 33.5. The second-order valence-corrected chi connectivity index (χ2v) is 14.0. The number of hydrogen-bond acceptors (Lipinski definition) is 3. The van der Waals surface area contributed by atoms with Crippen molar-refractivity contribution in [1.82, 2.24) is 0 Å². The van der Waals surface area contributed by atoms with Gasteiger partial charge in [-0.05, 0) is 87.9 Å². The van der Waals surface area contributed by atoms with Gasteiger partial charge in [-0.1, -0.05) is 136 Å². The topological polar surface area (TPSA) is 46.9 Å². The van der Waals surface area contributed by atoms with E-state index in [-0.39, 0.29) is 5.41 Å².